The van der Waals surface area contributed by atoms with Gasteiger partial charge in [0.25, 0.3) is 0 Å². The third kappa shape index (κ3) is 1.49. The van der Waals surface area contributed by atoms with Crippen molar-refractivity contribution in [1.29, 1.82) is 0 Å². The molecule has 14 heavy (non-hydrogen) atoms. The zero-order chi connectivity index (χ0) is 10.1. The molecule has 5 heteroatoms. The third-order valence-electron chi connectivity index (χ3n) is 1.82. The Kier molecular flexibility index (Phi) is 2.43. The van der Waals surface area contributed by atoms with Crippen LogP contribution < -0.4 is 0 Å². The van der Waals surface area contributed by atoms with Gasteiger partial charge in [-0.05, 0) is 12.1 Å². The monoisotopic (exact) mass is 215 g/mol. The Labute approximate surface area is 82.8 Å². The molecule has 0 amide bonds. The fraction of sp³-hybridized carbons (Fsp3) is 0.222. The van der Waals surface area contributed by atoms with E-state index in [1.54, 1.807) is 0 Å². The predicted molar refractivity (Wildman–Crippen MR) is 50.3 cm³/mol. The van der Waals surface area contributed by atoms with Gasteiger partial charge in [-0.3, -0.25) is 0 Å². The second kappa shape index (κ2) is 3.59. The molecule has 0 saturated heterocycles. The molecule has 2 nitrogen and oxygen atoms in total. The van der Waals surface area contributed by atoms with Gasteiger partial charge in [0.15, 0.2) is 11.6 Å². The van der Waals surface area contributed by atoms with Gasteiger partial charge in [-0.15, -0.1) is 11.3 Å². The molecule has 0 aliphatic heterocycles. The topological polar surface area (TPSA) is 33.1 Å². The summed E-state index contributed by atoms with van der Waals surface area (Å²) in [6, 6.07) is 2.49. The molecule has 0 radical (unpaired) electrons. The quantitative estimate of drug-likeness (QED) is 0.832. The van der Waals surface area contributed by atoms with Crippen molar-refractivity contribution in [2.75, 3.05) is 6.61 Å². The highest BCUT2D eigenvalue weighted by Crippen LogP contribution is 2.26. The van der Waals surface area contributed by atoms with Crippen molar-refractivity contribution in [3.8, 4) is 0 Å². The van der Waals surface area contributed by atoms with Crippen molar-refractivity contribution < 1.29 is 13.9 Å². The van der Waals surface area contributed by atoms with Crippen molar-refractivity contribution in [1.82, 2.24) is 4.98 Å². The summed E-state index contributed by atoms with van der Waals surface area (Å²) < 4.78 is 26.2. The average Bonchev–Trinajstić information content (AvgIpc) is 2.56. The maximum Gasteiger partial charge on any atom is 0.178 e. The fourth-order valence-electron chi connectivity index (χ4n) is 1.18. The normalized spacial score (nSPS) is 11.1. The second-order valence-electron chi connectivity index (χ2n) is 2.79. The van der Waals surface area contributed by atoms with Crippen LogP contribution in [0.3, 0.4) is 0 Å². The molecule has 1 heterocycles. The highest BCUT2D eigenvalue weighted by atomic mass is 32.1. The zero-order valence-corrected chi connectivity index (χ0v) is 7.94. The number of nitrogens with zero attached hydrogens (tertiary/aromatic N) is 1. The minimum absolute atomic E-state index is 0.0378. The number of benzene rings is 1. The van der Waals surface area contributed by atoms with Crippen LogP contribution in [0.1, 0.15) is 5.01 Å². The lowest BCUT2D eigenvalue weighted by Gasteiger charge is -1.90. The molecular formula is C9H7F2NOS. The van der Waals surface area contributed by atoms with E-state index in [9.17, 15) is 8.78 Å². The van der Waals surface area contributed by atoms with Crippen LogP contribution in [-0.4, -0.2) is 16.7 Å². The first kappa shape index (κ1) is 9.48. The molecule has 1 aromatic carbocycles. The Morgan fingerprint density at radius 3 is 2.86 bits per heavy atom. The van der Waals surface area contributed by atoms with Gasteiger partial charge in [0.1, 0.15) is 0 Å². The summed E-state index contributed by atoms with van der Waals surface area (Å²) >= 11 is 1.08. The molecule has 74 valence electrons. The summed E-state index contributed by atoms with van der Waals surface area (Å²) in [5, 5.41) is 9.29. The first-order valence-electron chi connectivity index (χ1n) is 4.06. The number of halogens is 2. The standard InChI is InChI=1S/C9H7F2NOS/c10-5-1-2-6-9(8(5)11)14-7(12-6)3-4-13/h1-2,13H,3-4H2. The van der Waals surface area contributed by atoms with E-state index >= 15 is 0 Å². The van der Waals surface area contributed by atoms with Gasteiger partial charge in [-0.25, -0.2) is 13.8 Å². The summed E-state index contributed by atoms with van der Waals surface area (Å²) in [5.41, 5.74) is 0.442. The van der Waals surface area contributed by atoms with E-state index in [1.165, 1.54) is 6.07 Å². The van der Waals surface area contributed by atoms with Crippen LogP contribution in [0.2, 0.25) is 0 Å². The minimum Gasteiger partial charge on any atom is -0.396 e. The SMILES string of the molecule is OCCc1nc2ccc(F)c(F)c2s1. The summed E-state index contributed by atoms with van der Waals surface area (Å²) in [6.07, 6.45) is 0.375. The number of aliphatic hydroxyl groups excluding tert-OH is 1. The number of hydrogen-bond donors (Lipinski definition) is 1. The summed E-state index contributed by atoms with van der Waals surface area (Å²) in [7, 11) is 0. The summed E-state index contributed by atoms with van der Waals surface area (Å²) in [5.74, 6) is -1.72. The van der Waals surface area contributed by atoms with Gasteiger partial charge in [-0.2, -0.15) is 0 Å². The maximum absolute atomic E-state index is 13.2. The number of aliphatic hydroxyl groups is 1. The second-order valence-corrected chi connectivity index (χ2v) is 3.87. The van der Waals surface area contributed by atoms with Crippen molar-refractivity contribution in [3.05, 3.63) is 28.8 Å². The number of rotatable bonds is 2. The van der Waals surface area contributed by atoms with Gasteiger partial charge in [0.05, 0.1) is 15.2 Å². The minimum atomic E-state index is -0.864. The van der Waals surface area contributed by atoms with Crippen LogP contribution in [0.4, 0.5) is 8.78 Å². The molecule has 1 aromatic heterocycles. The molecule has 0 saturated carbocycles. The molecule has 1 N–H and O–H groups in total. The molecule has 0 spiro atoms. The van der Waals surface area contributed by atoms with Gasteiger partial charge in [0, 0.05) is 13.0 Å². The molecule has 2 aromatic rings. The van der Waals surface area contributed by atoms with E-state index in [0.29, 0.717) is 16.9 Å². The zero-order valence-electron chi connectivity index (χ0n) is 7.13. The van der Waals surface area contributed by atoms with Crippen LogP contribution in [0.5, 0.6) is 0 Å². The number of aromatic nitrogens is 1. The van der Waals surface area contributed by atoms with Gasteiger partial charge in [-0.1, -0.05) is 0 Å². The lowest BCUT2D eigenvalue weighted by atomic mass is 10.3. The molecule has 0 bridgehead atoms. The molecular weight excluding hydrogens is 208 g/mol. The Bertz CT molecular complexity index is 469. The van der Waals surface area contributed by atoms with Gasteiger partial charge >= 0.3 is 0 Å². The van der Waals surface area contributed by atoms with Gasteiger partial charge in [0.2, 0.25) is 0 Å². The number of fused-ring (bicyclic) bond motifs is 1. The van der Waals surface area contributed by atoms with Crippen LogP contribution in [-0.2, 0) is 6.42 Å². The molecule has 0 fully saturated rings. The van der Waals surface area contributed by atoms with Crippen LogP contribution in [0.25, 0.3) is 10.2 Å². The molecule has 2 rings (SSSR count). The fourth-order valence-corrected chi connectivity index (χ4v) is 2.16. The number of thiazole rings is 1. The largest absolute Gasteiger partial charge is 0.396 e. The van der Waals surface area contributed by atoms with Crippen molar-refractivity contribution >= 4 is 21.6 Å². The smallest absolute Gasteiger partial charge is 0.178 e. The lowest BCUT2D eigenvalue weighted by molar-refractivity contribution is 0.299. The van der Waals surface area contributed by atoms with E-state index < -0.39 is 11.6 Å². The Hall–Kier alpha value is -1.07. The average molecular weight is 215 g/mol. The molecule has 0 unspecified atom stereocenters. The van der Waals surface area contributed by atoms with Crippen molar-refractivity contribution in [2.45, 2.75) is 6.42 Å². The first-order valence-corrected chi connectivity index (χ1v) is 4.88. The Balaban J connectivity index is 2.59. The van der Waals surface area contributed by atoms with Crippen molar-refractivity contribution in [3.63, 3.8) is 0 Å². The van der Waals surface area contributed by atoms with E-state index in [0.717, 1.165) is 17.4 Å². The third-order valence-corrected chi connectivity index (χ3v) is 2.94. The van der Waals surface area contributed by atoms with Crippen LogP contribution in [0, 0.1) is 11.6 Å². The Morgan fingerprint density at radius 1 is 1.36 bits per heavy atom. The highest BCUT2D eigenvalue weighted by Gasteiger charge is 2.11. The lowest BCUT2D eigenvalue weighted by Crippen LogP contribution is -1.87. The molecule has 0 atom stereocenters. The van der Waals surface area contributed by atoms with E-state index in [4.69, 9.17) is 5.11 Å². The van der Waals surface area contributed by atoms with Crippen LogP contribution in [0.15, 0.2) is 12.1 Å². The summed E-state index contributed by atoms with van der Waals surface area (Å²) in [6.45, 7) is -0.0378. The van der Waals surface area contributed by atoms with E-state index in [-0.39, 0.29) is 11.3 Å². The molecule has 0 aliphatic carbocycles. The Morgan fingerprint density at radius 2 is 2.14 bits per heavy atom. The van der Waals surface area contributed by atoms with Crippen molar-refractivity contribution in [2.24, 2.45) is 0 Å². The highest BCUT2D eigenvalue weighted by molar-refractivity contribution is 7.18. The predicted octanol–water partition coefficient (Wildman–Crippen LogP) is 2.11. The van der Waals surface area contributed by atoms with Crippen LogP contribution >= 0.6 is 11.3 Å². The summed E-state index contributed by atoms with van der Waals surface area (Å²) in [4.78, 5) is 4.06. The maximum atomic E-state index is 13.2. The first-order chi connectivity index (χ1) is 6.72. The van der Waals surface area contributed by atoms with E-state index in [1.807, 2.05) is 0 Å². The van der Waals surface area contributed by atoms with E-state index in [2.05, 4.69) is 4.98 Å². The number of hydrogen-bond acceptors (Lipinski definition) is 3. The molecule has 0 aliphatic rings. The van der Waals surface area contributed by atoms with Gasteiger partial charge < -0.3 is 5.11 Å².